The highest BCUT2D eigenvalue weighted by Gasteiger charge is 2.49. The molecule has 0 bridgehead atoms. The number of rotatable bonds is 3. The lowest BCUT2D eigenvalue weighted by molar-refractivity contribution is -0.162. The molecule has 3 fully saturated rings. The molecule has 21 heavy (non-hydrogen) atoms. The molecule has 4 heteroatoms. The second-order valence-corrected chi connectivity index (χ2v) is 7.29. The molecule has 0 aromatic heterocycles. The molecule has 0 N–H and O–H groups in total. The van der Waals surface area contributed by atoms with Crippen LogP contribution < -0.4 is 0 Å². The summed E-state index contributed by atoms with van der Waals surface area (Å²) in [5.41, 5.74) is -0.742. The molecule has 3 aliphatic rings. The number of hydrogen-bond acceptors (Lipinski definition) is 4. The van der Waals surface area contributed by atoms with Gasteiger partial charge in [0.2, 0.25) is 0 Å². The monoisotopic (exact) mass is 296 g/mol. The third kappa shape index (κ3) is 2.90. The highest BCUT2D eigenvalue weighted by atomic mass is 16.6. The molecule has 4 nitrogen and oxygen atoms in total. The minimum absolute atomic E-state index is 0.0747. The van der Waals surface area contributed by atoms with E-state index < -0.39 is 5.60 Å². The van der Waals surface area contributed by atoms with Gasteiger partial charge in [0.05, 0.1) is 12.2 Å². The van der Waals surface area contributed by atoms with Crippen molar-refractivity contribution in [2.75, 3.05) is 26.9 Å². The van der Waals surface area contributed by atoms with Crippen molar-refractivity contribution >= 4 is 5.78 Å². The summed E-state index contributed by atoms with van der Waals surface area (Å²) in [5, 5.41) is 0. The Bertz CT molecular complexity index is 388. The minimum Gasteiger partial charge on any atom is -0.378 e. The lowest BCUT2D eigenvalue weighted by atomic mass is 9.70. The maximum Gasteiger partial charge on any atom is 0.167 e. The number of carbonyl (C=O) groups excluding carboxylic acids is 1. The Labute approximate surface area is 127 Å². The number of ketones is 1. The van der Waals surface area contributed by atoms with Gasteiger partial charge in [-0.2, -0.15) is 0 Å². The summed E-state index contributed by atoms with van der Waals surface area (Å²) in [7, 11) is 1.71. The third-order valence-corrected chi connectivity index (χ3v) is 5.73. The third-order valence-electron chi connectivity index (χ3n) is 5.73. The highest BCUT2D eigenvalue weighted by Crippen LogP contribution is 2.42. The van der Waals surface area contributed by atoms with E-state index in [0.717, 1.165) is 45.1 Å². The molecule has 2 aliphatic heterocycles. The zero-order valence-corrected chi connectivity index (χ0v) is 13.4. The van der Waals surface area contributed by atoms with Crippen LogP contribution in [0.4, 0.5) is 0 Å². The minimum atomic E-state index is -0.541. The Hall–Kier alpha value is -0.450. The van der Waals surface area contributed by atoms with Crippen LogP contribution in [0.1, 0.15) is 51.9 Å². The van der Waals surface area contributed by atoms with Crippen LogP contribution in [0.2, 0.25) is 0 Å². The van der Waals surface area contributed by atoms with E-state index in [2.05, 4.69) is 6.92 Å². The Morgan fingerprint density at radius 1 is 1.19 bits per heavy atom. The predicted molar refractivity (Wildman–Crippen MR) is 79.2 cm³/mol. The van der Waals surface area contributed by atoms with Crippen molar-refractivity contribution in [2.45, 2.75) is 63.1 Å². The number of Topliss-reactive ketones (excluding diaryl/α,β-unsaturated/α-hetero) is 1. The van der Waals surface area contributed by atoms with Crippen LogP contribution in [-0.2, 0) is 19.0 Å². The Balaban J connectivity index is 1.73. The SMILES string of the molecule is COC1(C(=O)C2CCOC3(CCOC3)C2)CCCC(C)C1. The Morgan fingerprint density at radius 2 is 2.05 bits per heavy atom. The van der Waals surface area contributed by atoms with Crippen LogP contribution >= 0.6 is 0 Å². The molecular weight excluding hydrogens is 268 g/mol. The van der Waals surface area contributed by atoms with E-state index >= 15 is 0 Å². The molecule has 0 aromatic rings. The smallest absolute Gasteiger partial charge is 0.167 e. The van der Waals surface area contributed by atoms with E-state index in [1.165, 1.54) is 6.42 Å². The Morgan fingerprint density at radius 3 is 2.71 bits per heavy atom. The van der Waals surface area contributed by atoms with Gasteiger partial charge in [-0.1, -0.05) is 13.3 Å². The molecular formula is C17H28O4. The summed E-state index contributed by atoms with van der Waals surface area (Å²) in [6.07, 6.45) is 6.64. The topological polar surface area (TPSA) is 44.8 Å². The highest BCUT2D eigenvalue weighted by molar-refractivity contribution is 5.89. The molecule has 4 atom stereocenters. The molecule has 3 rings (SSSR count). The zero-order valence-electron chi connectivity index (χ0n) is 13.4. The van der Waals surface area contributed by atoms with Crippen LogP contribution in [0, 0.1) is 11.8 Å². The van der Waals surface area contributed by atoms with Gasteiger partial charge < -0.3 is 14.2 Å². The maximum absolute atomic E-state index is 13.2. The van der Waals surface area contributed by atoms with Crippen LogP contribution in [-0.4, -0.2) is 43.9 Å². The lowest BCUT2D eigenvalue weighted by Gasteiger charge is -2.43. The molecule has 0 amide bonds. The second-order valence-electron chi connectivity index (χ2n) is 7.29. The molecule has 120 valence electrons. The van der Waals surface area contributed by atoms with Crippen molar-refractivity contribution in [3.8, 4) is 0 Å². The van der Waals surface area contributed by atoms with Crippen molar-refractivity contribution in [3.63, 3.8) is 0 Å². The predicted octanol–water partition coefficient (Wildman–Crippen LogP) is 2.74. The molecule has 0 aromatic carbocycles. The Kier molecular flexibility index (Phi) is 4.40. The van der Waals surface area contributed by atoms with E-state index in [0.29, 0.717) is 24.9 Å². The van der Waals surface area contributed by atoms with Crippen LogP contribution in [0.15, 0.2) is 0 Å². The number of hydrogen-bond donors (Lipinski definition) is 0. The average molecular weight is 296 g/mol. The molecule has 1 aliphatic carbocycles. The second kappa shape index (κ2) is 5.98. The van der Waals surface area contributed by atoms with Gasteiger partial charge in [0.15, 0.2) is 5.78 Å². The van der Waals surface area contributed by atoms with Gasteiger partial charge in [-0.15, -0.1) is 0 Å². The van der Waals surface area contributed by atoms with Crippen molar-refractivity contribution in [1.82, 2.24) is 0 Å². The summed E-state index contributed by atoms with van der Waals surface area (Å²) in [6.45, 7) is 4.31. The first-order valence-corrected chi connectivity index (χ1v) is 8.40. The van der Waals surface area contributed by atoms with Gasteiger partial charge in [0, 0.05) is 32.7 Å². The van der Waals surface area contributed by atoms with Crippen molar-refractivity contribution in [2.24, 2.45) is 11.8 Å². The van der Waals surface area contributed by atoms with E-state index in [-0.39, 0.29) is 11.5 Å². The average Bonchev–Trinajstić information content (AvgIpc) is 2.94. The summed E-state index contributed by atoms with van der Waals surface area (Å²) in [5.74, 6) is 0.975. The van der Waals surface area contributed by atoms with Gasteiger partial charge in [-0.3, -0.25) is 4.79 Å². The fraction of sp³-hybridized carbons (Fsp3) is 0.941. The van der Waals surface area contributed by atoms with E-state index in [9.17, 15) is 4.79 Å². The van der Waals surface area contributed by atoms with E-state index in [1.54, 1.807) is 7.11 Å². The molecule has 4 unspecified atom stereocenters. The zero-order chi connectivity index (χ0) is 14.9. The fourth-order valence-corrected chi connectivity index (χ4v) is 4.50. The van der Waals surface area contributed by atoms with Crippen LogP contribution in [0.3, 0.4) is 0 Å². The van der Waals surface area contributed by atoms with Gasteiger partial charge in [0.25, 0.3) is 0 Å². The van der Waals surface area contributed by atoms with Gasteiger partial charge >= 0.3 is 0 Å². The summed E-state index contributed by atoms with van der Waals surface area (Å²) >= 11 is 0. The molecule has 2 heterocycles. The quantitative estimate of drug-likeness (QED) is 0.803. The number of methoxy groups -OCH3 is 1. The first-order chi connectivity index (χ1) is 10.1. The van der Waals surface area contributed by atoms with Gasteiger partial charge in [-0.05, 0) is 38.0 Å². The molecule has 2 saturated heterocycles. The summed E-state index contributed by atoms with van der Waals surface area (Å²) in [6, 6.07) is 0. The van der Waals surface area contributed by atoms with Crippen LogP contribution in [0.5, 0.6) is 0 Å². The van der Waals surface area contributed by atoms with Crippen molar-refractivity contribution in [1.29, 1.82) is 0 Å². The van der Waals surface area contributed by atoms with Gasteiger partial charge in [-0.25, -0.2) is 0 Å². The maximum atomic E-state index is 13.2. The van der Waals surface area contributed by atoms with Crippen molar-refractivity contribution in [3.05, 3.63) is 0 Å². The largest absolute Gasteiger partial charge is 0.378 e. The van der Waals surface area contributed by atoms with Crippen molar-refractivity contribution < 1.29 is 19.0 Å². The molecule has 0 radical (unpaired) electrons. The summed E-state index contributed by atoms with van der Waals surface area (Å²) in [4.78, 5) is 13.2. The fourth-order valence-electron chi connectivity index (χ4n) is 4.50. The standard InChI is InChI=1S/C17H28O4/c1-13-4-3-6-17(10-13,19-2)15(18)14-5-8-21-16(11-14)7-9-20-12-16/h13-14H,3-12H2,1-2H3. The molecule has 1 saturated carbocycles. The summed E-state index contributed by atoms with van der Waals surface area (Å²) < 4.78 is 17.3. The number of carbonyl (C=O) groups is 1. The van der Waals surface area contributed by atoms with E-state index in [1.807, 2.05) is 0 Å². The first-order valence-electron chi connectivity index (χ1n) is 8.40. The normalized spacial score (nSPS) is 44.1. The first kappa shape index (κ1) is 15.4. The van der Waals surface area contributed by atoms with Gasteiger partial charge in [0.1, 0.15) is 5.60 Å². The number of ether oxygens (including phenoxy) is 3. The van der Waals surface area contributed by atoms with E-state index in [4.69, 9.17) is 14.2 Å². The van der Waals surface area contributed by atoms with Crippen LogP contribution in [0.25, 0.3) is 0 Å². The molecule has 1 spiro atoms. The lowest BCUT2D eigenvalue weighted by Crippen LogP contribution is -2.51.